The Morgan fingerprint density at radius 2 is 1.66 bits per heavy atom. The van der Waals surface area contributed by atoms with Crippen LogP contribution in [0.25, 0.3) is 0 Å². The number of rotatable bonds is 7. The molecule has 1 amide bonds. The number of nitrogens with zero attached hydrogens (tertiary/aromatic N) is 1. The molecular formula is C24H24N2O5S. The van der Waals surface area contributed by atoms with E-state index in [4.69, 9.17) is 9.47 Å². The molecule has 0 radical (unpaired) electrons. The Hall–Kier alpha value is -3.52. The summed E-state index contributed by atoms with van der Waals surface area (Å²) in [6.45, 7) is 1.88. The van der Waals surface area contributed by atoms with Gasteiger partial charge in [-0.25, -0.2) is 8.42 Å². The number of ether oxygens (including phenoxy) is 2. The number of carbonyl (C=O) groups excluding carboxylic acids is 1. The number of hydrogen-bond acceptors (Lipinski definition) is 5. The van der Waals surface area contributed by atoms with Gasteiger partial charge in [-0.15, -0.1) is 0 Å². The van der Waals surface area contributed by atoms with Gasteiger partial charge in [-0.1, -0.05) is 18.2 Å². The lowest BCUT2D eigenvalue weighted by atomic mass is 10.1. The average molecular weight is 453 g/mol. The Labute approximate surface area is 187 Å². The maximum absolute atomic E-state index is 12.8. The summed E-state index contributed by atoms with van der Waals surface area (Å²) in [5.41, 5.74) is 2.49. The number of methoxy groups -OCH3 is 1. The first kappa shape index (κ1) is 21.7. The van der Waals surface area contributed by atoms with Crippen molar-refractivity contribution in [2.45, 2.75) is 24.3 Å². The van der Waals surface area contributed by atoms with E-state index < -0.39 is 10.0 Å². The third kappa shape index (κ3) is 4.55. The van der Waals surface area contributed by atoms with Gasteiger partial charge in [-0.05, 0) is 73.5 Å². The van der Waals surface area contributed by atoms with Crippen LogP contribution in [0.4, 0.5) is 11.4 Å². The van der Waals surface area contributed by atoms with Gasteiger partial charge in [-0.2, -0.15) is 0 Å². The molecule has 3 aromatic rings. The molecule has 0 saturated heterocycles. The van der Waals surface area contributed by atoms with Crippen molar-refractivity contribution < 1.29 is 22.7 Å². The zero-order valence-corrected chi connectivity index (χ0v) is 18.6. The zero-order valence-electron chi connectivity index (χ0n) is 17.8. The van der Waals surface area contributed by atoms with Gasteiger partial charge in [0.2, 0.25) is 0 Å². The molecule has 0 fully saturated rings. The maximum atomic E-state index is 12.8. The number of benzene rings is 3. The highest BCUT2D eigenvalue weighted by atomic mass is 32.2. The van der Waals surface area contributed by atoms with Crippen molar-refractivity contribution in [1.82, 2.24) is 0 Å². The summed E-state index contributed by atoms with van der Waals surface area (Å²) in [5, 5.41) is 0. The van der Waals surface area contributed by atoms with Gasteiger partial charge in [0.25, 0.3) is 15.9 Å². The Morgan fingerprint density at radius 3 is 2.34 bits per heavy atom. The zero-order chi connectivity index (χ0) is 22.7. The highest BCUT2D eigenvalue weighted by Crippen LogP contribution is 2.32. The molecule has 0 unspecified atom stereocenters. The van der Waals surface area contributed by atoms with E-state index in [1.165, 1.54) is 24.3 Å². The summed E-state index contributed by atoms with van der Waals surface area (Å²) in [4.78, 5) is 14.6. The second-order valence-electron chi connectivity index (χ2n) is 7.54. The summed E-state index contributed by atoms with van der Waals surface area (Å²) in [7, 11) is -2.21. The Kier molecular flexibility index (Phi) is 6.05. The van der Waals surface area contributed by atoms with E-state index in [2.05, 4.69) is 4.72 Å². The Bertz CT molecular complexity index is 1210. The molecule has 1 N–H and O–H groups in total. The highest BCUT2D eigenvalue weighted by Gasteiger charge is 2.30. The van der Waals surface area contributed by atoms with Gasteiger partial charge in [-0.3, -0.25) is 9.52 Å². The van der Waals surface area contributed by atoms with Gasteiger partial charge < -0.3 is 14.4 Å². The van der Waals surface area contributed by atoms with Crippen molar-refractivity contribution in [3.05, 3.63) is 78.4 Å². The maximum Gasteiger partial charge on any atom is 0.265 e. The SMILES string of the molecule is COc1ccc(NS(=O)(=O)c2ccc(OCC(=O)N3c4ccccc4C[C@H]3C)cc2)cc1. The molecule has 0 aromatic heterocycles. The second kappa shape index (κ2) is 8.92. The van der Waals surface area contributed by atoms with Crippen LogP contribution in [0.1, 0.15) is 12.5 Å². The summed E-state index contributed by atoms with van der Waals surface area (Å²) in [6, 6.07) is 20.5. The molecule has 7 nitrogen and oxygen atoms in total. The molecular weight excluding hydrogens is 428 g/mol. The van der Waals surface area contributed by atoms with Crippen LogP contribution < -0.4 is 19.1 Å². The fourth-order valence-corrected chi connectivity index (χ4v) is 4.81. The number of nitrogens with one attached hydrogen (secondary N) is 1. The summed E-state index contributed by atoms with van der Waals surface area (Å²) in [6.07, 6.45) is 0.815. The molecule has 1 atom stereocenters. The van der Waals surface area contributed by atoms with E-state index in [-0.39, 0.29) is 23.5 Å². The van der Waals surface area contributed by atoms with E-state index in [0.717, 1.165) is 17.7 Å². The minimum Gasteiger partial charge on any atom is -0.497 e. The lowest BCUT2D eigenvalue weighted by Crippen LogP contribution is -2.39. The van der Waals surface area contributed by atoms with E-state index in [1.807, 2.05) is 31.2 Å². The molecule has 8 heteroatoms. The molecule has 4 rings (SSSR count). The first-order valence-electron chi connectivity index (χ1n) is 10.2. The molecule has 0 aliphatic carbocycles. The van der Waals surface area contributed by atoms with Gasteiger partial charge >= 0.3 is 0 Å². The molecule has 1 heterocycles. The number of anilines is 2. The van der Waals surface area contributed by atoms with Crippen molar-refractivity contribution in [1.29, 1.82) is 0 Å². The minimum atomic E-state index is -3.76. The van der Waals surface area contributed by atoms with E-state index in [0.29, 0.717) is 17.2 Å². The first-order valence-corrected chi connectivity index (χ1v) is 11.7. The molecule has 166 valence electrons. The topological polar surface area (TPSA) is 84.9 Å². The monoisotopic (exact) mass is 452 g/mol. The molecule has 32 heavy (non-hydrogen) atoms. The van der Waals surface area contributed by atoms with Crippen LogP contribution in [0.2, 0.25) is 0 Å². The highest BCUT2D eigenvalue weighted by molar-refractivity contribution is 7.92. The van der Waals surface area contributed by atoms with E-state index in [9.17, 15) is 13.2 Å². The van der Waals surface area contributed by atoms with Crippen LogP contribution in [0.15, 0.2) is 77.7 Å². The number of para-hydroxylation sites is 1. The third-order valence-corrected chi connectivity index (χ3v) is 6.71. The van der Waals surface area contributed by atoms with Crippen molar-refractivity contribution in [3.63, 3.8) is 0 Å². The van der Waals surface area contributed by atoms with E-state index in [1.54, 1.807) is 36.3 Å². The number of amides is 1. The first-order chi connectivity index (χ1) is 15.4. The molecule has 3 aromatic carbocycles. The van der Waals surface area contributed by atoms with Crippen molar-refractivity contribution >= 4 is 27.3 Å². The lowest BCUT2D eigenvalue weighted by molar-refractivity contribution is -0.120. The molecule has 0 bridgehead atoms. The Balaban J connectivity index is 1.39. The van der Waals surface area contributed by atoms with Gasteiger partial charge in [0.1, 0.15) is 11.5 Å². The fourth-order valence-electron chi connectivity index (χ4n) is 3.75. The van der Waals surface area contributed by atoms with Crippen LogP contribution in [0.3, 0.4) is 0 Å². The third-order valence-electron chi connectivity index (χ3n) is 5.31. The predicted molar refractivity (Wildman–Crippen MR) is 123 cm³/mol. The van der Waals surface area contributed by atoms with Crippen LogP contribution in [-0.4, -0.2) is 34.1 Å². The quantitative estimate of drug-likeness (QED) is 0.589. The molecule has 0 saturated carbocycles. The minimum absolute atomic E-state index is 0.0695. The van der Waals surface area contributed by atoms with Crippen molar-refractivity contribution in [2.24, 2.45) is 0 Å². The van der Waals surface area contributed by atoms with Crippen LogP contribution in [-0.2, 0) is 21.2 Å². The van der Waals surface area contributed by atoms with Crippen LogP contribution in [0, 0.1) is 0 Å². The molecule has 1 aliphatic heterocycles. The number of sulfonamides is 1. The second-order valence-corrected chi connectivity index (χ2v) is 9.22. The Morgan fingerprint density at radius 1 is 1.00 bits per heavy atom. The lowest BCUT2D eigenvalue weighted by Gasteiger charge is -2.22. The number of fused-ring (bicyclic) bond motifs is 1. The predicted octanol–water partition coefficient (Wildman–Crippen LogP) is 3.85. The van der Waals surface area contributed by atoms with Gasteiger partial charge in [0.15, 0.2) is 6.61 Å². The smallest absolute Gasteiger partial charge is 0.265 e. The molecule has 1 aliphatic rings. The average Bonchev–Trinajstić information content (AvgIpc) is 3.14. The summed E-state index contributed by atoms with van der Waals surface area (Å²) < 4.78 is 38.5. The van der Waals surface area contributed by atoms with Crippen molar-refractivity contribution in [2.75, 3.05) is 23.3 Å². The summed E-state index contributed by atoms with van der Waals surface area (Å²) in [5.74, 6) is 0.915. The van der Waals surface area contributed by atoms with Gasteiger partial charge in [0.05, 0.1) is 12.0 Å². The largest absolute Gasteiger partial charge is 0.497 e. The molecule has 0 spiro atoms. The van der Waals surface area contributed by atoms with E-state index >= 15 is 0 Å². The van der Waals surface area contributed by atoms with Crippen molar-refractivity contribution in [3.8, 4) is 11.5 Å². The standard InChI is InChI=1S/C24H24N2O5S/c1-17-15-18-5-3-4-6-23(18)26(17)24(27)16-31-21-11-13-22(14-12-21)32(28,29)25-19-7-9-20(30-2)10-8-19/h3-14,17,25H,15-16H2,1-2H3/t17-/m1/s1. The van der Waals surface area contributed by atoms with Crippen LogP contribution >= 0.6 is 0 Å². The number of carbonyl (C=O) groups is 1. The number of hydrogen-bond donors (Lipinski definition) is 1. The fraction of sp³-hybridized carbons (Fsp3) is 0.208. The van der Waals surface area contributed by atoms with Gasteiger partial charge in [0, 0.05) is 17.4 Å². The normalized spacial score (nSPS) is 15.2. The van der Waals surface area contributed by atoms with Crippen LogP contribution in [0.5, 0.6) is 11.5 Å². The summed E-state index contributed by atoms with van der Waals surface area (Å²) >= 11 is 0.